The molecule has 2 aromatic rings. The molecule has 5 rings (SSSR count). The minimum Gasteiger partial charge on any atom is -0.483 e. The number of halogens is 1. The molecule has 3 aliphatic rings. The number of allylic oxidation sites excluding steroid dienone is 1. The average molecular weight is 564 g/mol. The molecule has 2 aromatic carbocycles. The summed E-state index contributed by atoms with van der Waals surface area (Å²) in [5.74, 6) is 1.89. The van der Waals surface area contributed by atoms with Gasteiger partial charge < -0.3 is 14.2 Å². The van der Waals surface area contributed by atoms with Crippen molar-refractivity contribution in [3.8, 4) is 11.5 Å². The van der Waals surface area contributed by atoms with Gasteiger partial charge in [0.2, 0.25) is 0 Å². The van der Waals surface area contributed by atoms with Gasteiger partial charge in [0.25, 0.3) is 0 Å². The maximum absolute atomic E-state index is 14.2. The summed E-state index contributed by atoms with van der Waals surface area (Å²) in [6.45, 7) is 13.0. The first-order valence-corrected chi connectivity index (χ1v) is 15.6. The van der Waals surface area contributed by atoms with Gasteiger partial charge in [-0.3, -0.25) is 9.69 Å². The topological polar surface area (TPSA) is 48.0 Å². The molecule has 1 fully saturated rings. The monoisotopic (exact) mass is 563 g/mol. The van der Waals surface area contributed by atoms with Crippen LogP contribution in [0.1, 0.15) is 95.2 Å². The molecular formula is C35H46FNO4. The van der Waals surface area contributed by atoms with E-state index in [0.29, 0.717) is 24.5 Å². The Labute approximate surface area is 245 Å². The van der Waals surface area contributed by atoms with Crippen molar-refractivity contribution in [3.05, 3.63) is 64.5 Å². The van der Waals surface area contributed by atoms with E-state index in [2.05, 4.69) is 44.7 Å². The Morgan fingerprint density at radius 2 is 1.95 bits per heavy atom. The van der Waals surface area contributed by atoms with Gasteiger partial charge in [-0.2, -0.15) is 0 Å². The zero-order valence-electron chi connectivity index (χ0n) is 25.3. The van der Waals surface area contributed by atoms with Crippen LogP contribution in [0.15, 0.2) is 42.0 Å². The molecule has 0 aromatic heterocycles. The van der Waals surface area contributed by atoms with Crippen LogP contribution in [0, 0.1) is 11.7 Å². The molecule has 1 saturated heterocycles. The van der Waals surface area contributed by atoms with E-state index in [9.17, 15) is 9.18 Å². The number of rotatable bonds is 10. The Balaban J connectivity index is 1.36. The number of carbonyl (C=O) groups excluding carboxylic acids is 1. The van der Waals surface area contributed by atoms with E-state index in [0.717, 1.165) is 93.8 Å². The van der Waals surface area contributed by atoms with Crippen LogP contribution in [-0.4, -0.2) is 49.3 Å². The number of hydrogen-bond donors (Lipinski definition) is 0. The molecule has 6 heteroatoms. The second-order valence-electron chi connectivity index (χ2n) is 12.7. The predicted octanol–water partition coefficient (Wildman–Crippen LogP) is 7.71. The van der Waals surface area contributed by atoms with Crippen LogP contribution in [0.25, 0.3) is 5.57 Å². The first-order valence-electron chi connectivity index (χ1n) is 15.6. The fraction of sp³-hybridized carbons (Fsp3) is 0.571. The quantitative estimate of drug-likeness (QED) is 0.219. The summed E-state index contributed by atoms with van der Waals surface area (Å²) < 4.78 is 32.5. The number of hydrogen-bond acceptors (Lipinski definition) is 5. The van der Waals surface area contributed by atoms with Crippen LogP contribution in [-0.2, 0) is 16.0 Å². The van der Waals surface area contributed by atoms with Crippen LogP contribution in [0.4, 0.5) is 4.39 Å². The second kappa shape index (κ2) is 13.1. The molecule has 0 saturated carbocycles. The van der Waals surface area contributed by atoms with Crippen molar-refractivity contribution < 1.29 is 23.4 Å². The van der Waals surface area contributed by atoms with E-state index >= 15 is 0 Å². The van der Waals surface area contributed by atoms with Gasteiger partial charge in [-0.15, -0.1) is 0 Å². The lowest BCUT2D eigenvalue weighted by Crippen LogP contribution is -2.37. The minimum atomic E-state index is -0.394. The Morgan fingerprint density at radius 3 is 2.73 bits per heavy atom. The first-order chi connectivity index (χ1) is 19.7. The predicted molar refractivity (Wildman–Crippen MR) is 161 cm³/mol. The van der Waals surface area contributed by atoms with Crippen LogP contribution in [0.3, 0.4) is 0 Å². The third-order valence-electron chi connectivity index (χ3n) is 9.08. The van der Waals surface area contributed by atoms with Crippen LogP contribution < -0.4 is 9.47 Å². The molecule has 0 radical (unpaired) electrons. The highest BCUT2D eigenvalue weighted by molar-refractivity contribution is 5.84. The third-order valence-corrected chi connectivity index (χ3v) is 9.08. The SMILES string of the molecule is CC1CCC2=C(C1)c1c(OC(=O)CCCN3CCOCC3)cc(C(C)CCCc3ccccc3F)cc1OC2(C)C. The number of fused-ring (bicyclic) bond motifs is 2. The van der Waals surface area contributed by atoms with Gasteiger partial charge in [0.05, 0.1) is 18.8 Å². The Hall–Kier alpha value is -2.70. The molecule has 222 valence electrons. The summed E-state index contributed by atoms with van der Waals surface area (Å²) in [6, 6.07) is 11.2. The lowest BCUT2D eigenvalue weighted by atomic mass is 9.74. The molecule has 2 heterocycles. The zero-order chi connectivity index (χ0) is 29.0. The van der Waals surface area contributed by atoms with Crippen molar-refractivity contribution in [3.63, 3.8) is 0 Å². The number of morpholine rings is 1. The van der Waals surface area contributed by atoms with E-state index in [4.69, 9.17) is 14.2 Å². The normalized spacial score (nSPS) is 21.0. The van der Waals surface area contributed by atoms with Crippen molar-refractivity contribution in [2.45, 2.75) is 90.6 Å². The standard InChI is InChI=1S/C35H46FNO4/c1-24-14-15-29-28(21-24)34-31(40-33(38)13-8-16-37-17-19-39-20-18-37)22-27(23-32(34)41-35(29,3)4)25(2)9-7-11-26-10-5-6-12-30(26)36/h5-6,10,12,22-25H,7-9,11,13-21H2,1-4H3. The number of benzene rings is 2. The summed E-state index contributed by atoms with van der Waals surface area (Å²) in [5.41, 5.74) is 5.05. The molecule has 0 N–H and O–H groups in total. The molecule has 0 spiro atoms. The van der Waals surface area contributed by atoms with Crippen molar-refractivity contribution in [2.75, 3.05) is 32.8 Å². The highest BCUT2D eigenvalue weighted by Crippen LogP contribution is 2.52. The van der Waals surface area contributed by atoms with E-state index in [1.54, 1.807) is 6.07 Å². The van der Waals surface area contributed by atoms with E-state index in [-0.39, 0.29) is 17.7 Å². The fourth-order valence-corrected chi connectivity index (χ4v) is 6.63. The smallest absolute Gasteiger partial charge is 0.311 e. The molecule has 41 heavy (non-hydrogen) atoms. The van der Waals surface area contributed by atoms with Gasteiger partial charge in [0, 0.05) is 19.5 Å². The molecule has 2 aliphatic heterocycles. The van der Waals surface area contributed by atoms with Crippen LogP contribution >= 0.6 is 0 Å². The van der Waals surface area contributed by atoms with E-state index in [1.807, 2.05) is 12.1 Å². The summed E-state index contributed by atoms with van der Waals surface area (Å²) in [4.78, 5) is 15.5. The molecular weight excluding hydrogens is 517 g/mol. The maximum Gasteiger partial charge on any atom is 0.311 e. The molecule has 0 bridgehead atoms. The molecule has 2 atom stereocenters. The second-order valence-corrected chi connectivity index (χ2v) is 12.7. The Morgan fingerprint density at radius 1 is 1.17 bits per heavy atom. The van der Waals surface area contributed by atoms with Crippen LogP contribution in [0.5, 0.6) is 11.5 Å². The summed E-state index contributed by atoms with van der Waals surface area (Å²) in [5, 5.41) is 0. The van der Waals surface area contributed by atoms with Gasteiger partial charge in [-0.05, 0) is 118 Å². The molecule has 0 amide bonds. The van der Waals surface area contributed by atoms with Gasteiger partial charge in [0.1, 0.15) is 22.9 Å². The van der Waals surface area contributed by atoms with Gasteiger partial charge in [0.15, 0.2) is 0 Å². The minimum absolute atomic E-state index is 0.141. The third kappa shape index (κ3) is 7.21. The summed E-state index contributed by atoms with van der Waals surface area (Å²) >= 11 is 0. The number of esters is 1. The zero-order valence-corrected chi connectivity index (χ0v) is 25.3. The van der Waals surface area contributed by atoms with Crippen molar-refractivity contribution in [2.24, 2.45) is 5.92 Å². The van der Waals surface area contributed by atoms with Gasteiger partial charge >= 0.3 is 5.97 Å². The van der Waals surface area contributed by atoms with Crippen molar-refractivity contribution in [1.29, 1.82) is 0 Å². The summed E-state index contributed by atoms with van der Waals surface area (Å²) in [7, 11) is 0. The van der Waals surface area contributed by atoms with Gasteiger partial charge in [-0.25, -0.2) is 4.39 Å². The fourth-order valence-electron chi connectivity index (χ4n) is 6.63. The Bertz CT molecular complexity index is 1260. The highest BCUT2D eigenvalue weighted by atomic mass is 19.1. The number of carbonyl (C=O) groups is 1. The molecule has 1 aliphatic carbocycles. The van der Waals surface area contributed by atoms with Crippen molar-refractivity contribution >= 4 is 11.5 Å². The van der Waals surface area contributed by atoms with Gasteiger partial charge in [-0.1, -0.05) is 32.0 Å². The number of nitrogens with zero attached hydrogens (tertiary/aromatic N) is 1. The molecule has 2 unspecified atom stereocenters. The lowest BCUT2D eigenvalue weighted by Gasteiger charge is -2.41. The van der Waals surface area contributed by atoms with Crippen molar-refractivity contribution in [1.82, 2.24) is 4.90 Å². The first kappa shape index (κ1) is 29.8. The Kier molecular flexibility index (Phi) is 9.50. The largest absolute Gasteiger partial charge is 0.483 e. The number of aryl methyl sites for hydroxylation is 1. The lowest BCUT2D eigenvalue weighted by molar-refractivity contribution is -0.134. The molecule has 5 nitrogen and oxygen atoms in total. The highest BCUT2D eigenvalue weighted by Gasteiger charge is 2.39. The average Bonchev–Trinajstić information content (AvgIpc) is 2.93. The van der Waals surface area contributed by atoms with Crippen LogP contribution in [0.2, 0.25) is 0 Å². The van der Waals surface area contributed by atoms with E-state index < -0.39 is 5.60 Å². The maximum atomic E-state index is 14.2. The summed E-state index contributed by atoms with van der Waals surface area (Å²) in [6.07, 6.45) is 6.73. The van der Waals surface area contributed by atoms with E-state index in [1.165, 1.54) is 17.2 Å². The number of ether oxygens (including phenoxy) is 3.